The van der Waals surface area contributed by atoms with Gasteiger partial charge in [0.15, 0.2) is 0 Å². The number of halogens is 1. The van der Waals surface area contributed by atoms with Gasteiger partial charge in [-0.2, -0.15) is 0 Å². The maximum absolute atomic E-state index is 12.7. The summed E-state index contributed by atoms with van der Waals surface area (Å²) < 4.78 is 12.7. The van der Waals surface area contributed by atoms with Gasteiger partial charge in [-0.1, -0.05) is 13.8 Å². The van der Waals surface area contributed by atoms with Gasteiger partial charge in [-0.3, -0.25) is 9.59 Å². The molecular formula is C13H16FNO3. The van der Waals surface area contributed by atoms with Crippen LogP contribution in [0.2, 0.25) is 0 Å². The van der Waals surface area contributed by atoms with E-state index in [0.29, 0.717) is 5.69 Å². The second-order valence-corrected chi connectivity index (χ2v) is 4.97. The van der Waals surface area contributed by atoms with Gasteiger partial charge < -0.3 is 10.4 Å². The van der Waals surface area contributed by atoms with Crippen molar-refractivity contribution in [3.63, 3.8) is 0 Å². The lowest BCUT2D eigenvalue weighted by atomic mass is 9.85. The first-order chi connectivity index (χ1) is 8.28. The van der Waals surface area contributed by atoms with E-state index in [0.717, 1.165) is 0 Å². The fourth-order valence-corrected chi connectivity index (χ4v) is 1.64. The fraction of sp³-hybridized carbons (Fsp3) is 0.385. The van der Waals surface area contributed by atoms with E-state index in [9.17, 15) is 14.0 Å². The molecule has 0 aliphatic heterocycles. The van der Waals surface area contributed by atoms with Crippen molar-refractivity contribution in [3.8, 4) is 0 Å². The minimum absolute atomic E-state index is 0.0795. The highest BCUT2D eigenvalue weighted by molar-refractivity contribution is 5.91. The molecule has 0 aliphatic carbocycles. The van der Waals surface area contributed by atoms with Crippen molar-refractivity contribution in [3.05, 3.63) is 30.1 Å². The van der Waals surface area contributed by atoms with Gasteiger partial charge in [0.25, 0.3) is 0 Å². The summed E-state index contributed by atoms with van der Waals surface area (Å²) in [4.78, 5) is 22.3. The number of rotatable bonds is 5. The van der Waals surface area contributed by atoms with Crippen LogP contribution in [-0.4, -0.2) is 17.0 Å². The predicted molar refractivity (Wildman–Crippen MR) is 65.7 cm³/mol. The van der Waals surface area contributed by atoms with Gasteiger partial charge in [0, 0.05) is 12.1 Å². The monoisotopic (exact) mass is 253 g/mol. The Balaban J connectivity index is 2.56. The van der Waals surface area contributed by atoms with Gasteiger partial charge in [0.1, 0.15) is 5.82 Å². The largest absolute Gasteiger partial charge is 0.481 e. The summed E-state index contributed by atoms with van der Waals surface area (Å²) in [6, 6.07) is 5.41. The molecule has 0 bridgehead atoms. The lowest BCUT2D eigenvalue weighted by molar-refractivity contribution is -0.139. The van der Waals surface area contributed by atoms with Crippen LogP contribution in [0.3, 0.4) is 0 Å². The zero-order chi connectivity index (χ0) is 13.8. The van der Waals surface area contributed by atoms with Gasteiger partial charge in [-0.15, -0.1) is 0 Å². The molecule has 0 saturated carbocycles. The van der Waals surface area contributed by atoms with E-state index in [2.05, 4.69) is 5.32 Å². The smallest absolute Gasteiger partial charge is 0.303 e. The zero-order valence-electron chi connectivity index (χ0n) is 10.4. The zero-order valence-corrected chi connectivity index (χ0v) is 10.4. The third-order valence-electron chi connectivity index (χ3n) is 2.40. The van der Waals surface area contributed by atoms with Crippen molar-refractivity contribution in [1.82, 2.24) is 0 Å². The predicted octanol–water partition coefficient (Wildman–Crippen LogP) is 2.66. The molecule has 2 N–H and O–H groups in total. The van der Waals surface area contributed by atoms with Gasteiger partial charge in [0.05, 0.1) is 6.42 Å². The molecule has 0 aromatic heterocycles. The van der Waals surface area contributed by atoms with Crippen LogP contribution in [0.1, 0.15) is 26.7 Å². The molecule has 0 aliphatic rings. The Kier molecular flexibility index (Phi) is 4.42. The summed E-state index contributed by atoms with van der Waals surface area (Å²) >= 11 is 0. The highest BCUT2D eigenvalue weighted by atomic mass is 19.1. The van der Waals surface area contributed by atoms with Crippen LogP contribution in [0.5, 0.6) is 0 Å². The minimum atomic E-state index is -0.936. The Bertz CT molecular complexity index is 440. The number of carbonyl (C=O) groups is 2. The molecule has 1 aromatic rings. The van der Waals surface area contributed by atoms with Crippen molar-refractivity contribution in [2.45, 2.75) is 26.7 Å². The molecule has 1 rings (SSSR count). The van der Waals surface area contributed by atoms with E-state index in [1.165, 1.54) is 24.3 Å². The highest BCUT2D eigenvalue weighted by Gasteiger charge is 2.25. The Morgan fingerprint density at radius 3 is 2.28 bits per heavy atom. The number of amides is 1. The molecule has 0 spiro atoms. The highest BCUT2D eigenvalue weighted by Crippen LogP contribution is 2.25. The number of carboxylic acids is 1. The Morgan fingerprint density at radius 1 is 1.22 bits per heavy atom. The molecular weight excluding hydrogens is 237 g/mol. The lowest BCUT2D eigenvalue weighted by Gasteiger charge is -2.21. The summed E-state index contributed by atoms with van der Waals surface area (Å²) in [6.45, 7) is 3.43. The van der Waals surface area contributed by atoms with Crippen LogP contribution in [-0.2, 0) is 9.59 Å². The van der Waals surface area contributed by atoms with E-state index in [4.69, 9.17) is 5.11 Å². The first-order valence-corrected chi connectivity index (χ1v) is 5.56. The molecule has 4 nitrogen and oxygen atoms in total. The number of anilines is 1. The Hall–Kier alpha value is -1.91. The normalized spacial score (nSPS) is 11.1. The van der Waals surface area contributed by atoms with E-state index in [-0.39, 0.29) is 24.6 Å². The maximum Gasteiger partial charge on any atom is 0.303 e. The summed E-state index contributed by atoms with van der Waals surface area (Å²) in [5.41, 5.74) is -0.122. The van der Waals surface area contributed by atoms with Crippen LogP contribution in [0.25, 0.3) is 0 Å². The quantitative estimate of drug-likeness (QED) is 0.847. The SMILES string of the molecule is CC(C)(CC(=O)O)CC(=O)Nc1ccc(F)cc1. The van der Waals surface area contributed by atoms with Crippen molar-refractivity contribution in [1.29, 1.82) is 0 Å². The first kappa shape index (κ1) is 14.2. The minimum Gasteiger partial charge on any atom is -0.481 e. The van der Waals surface area contributed by atoms with E-state index < -0.39 is 11.4 Å². The molecule has 0 unspecified atom stereocenters. The molecule has 5 heteroatoms. The molecule has 98 valence electrons. The average Bonchev–Trinajstić information content (AvgIpc) is 2.18. The standard InChI is InChI=1S/C13H16FNO3/c1-13(2,8-12(17)18)7-11(16)15-10-5-3-9(14)4-6-10/h3-6H,7-8H2,1-2H3,(H,15,16)(H,17,18). The summed E-state index contributed by atoms with van der Waals surface area (Å²) in [6.07, 6.45) is 0.0144. The van der Waals surface area contributed by atoms with Crippen molar-refractivity contribution < 1.29 is 19.1 Å². The molecule has 1 aromatic carbocycles. The molecule has 0 heterocycles. The van der Waals surface area contributed by atoms with Gasteiger partial charge in [0.2, 0.25) is 5.91 Å². The first-order valence-electron chi connectivity index (χ1n) is 5.56. The summed E-state index contributed by atoms with van der Waals surface area (Å²) in [5, 5.41) is 11.3. The third kappa shape index (κ3) is 4.95. The number of nitrogens with one attached hydrogen (secondary N) is 1. The molecule has 1 amide bonds. The molecule has 18 heavy (non-hydrogen) atoms. The maximum atomic E-state index is 12.7. The number of hydrogen-bond donors (Lipinski definition) is 2. The molecule has 0 fully saturated rings. The number of hydrogen-bond acceptors (Lipinski definition) is 2. The van der Waals surface area contributed by atoms with Crippen LogP contribution >= 0.6 is 0 Å². The molecule has 0 atom stereocenters. The molecule has 0 radical (unpaired) electrons. The Labute approximate surface area is 105 Å². The van der Waals surface area contributed by atoms with Crippen LogP contribution in [0.4, 0.5) is 10.1 Å². The Morgan fingerprint density at radius 2 is 1.78 bits per heavy atom. The van der Waals surface area contributed by atoms with E-state index >= 15 is 0 Å². The number of benzene rings is 1. The second-order valence-electron chi connectivity index (χ2n) is 4.97. The number of aliphatic carboxylic acids is 1. The van der Waals surface area contributed by atoms with Crippen molar-refractivity contribution in [2.75, 3.05) is 5.32 Å². The van der Waals surface area contributed by atoms with Gasteiger partial charge in [-0.05, 0) is 29.7 Å². The molecule has 0 saturated heterocycles. The van der Waals surface area contributed by atoms with Crippen molar-refractivity contribution in [2.24, 2.45) is 5.41 Å². The van der Waals surface area contributed by atoms with E-state index in [1.807, 2.05) is 0 Å². The number of carbonyl (C=O) groups excluding carboxylic acids is 1. The summed E-state index contributed by atoms with van der Waals surface area (Å²) in [5.74, 6) is -1.60. The number of carboxylic acid groups (broad SMARTS) is 1. The second kappa shape index (κ2) is 5.62. The average molecular weight is 253 g/mol. The van der Waals surface area contributed by atoms with Crippen LogP contribution < -0.4 is 5.32 Å². The van der Waals surface area contributed by atoms with Crippen LogP contribution in [0.15, 0.2) is 24.3 Å². The summed E-state index contributed by atoms with van der Waals surface area (Å²) in [7, 11) is 0. The van der Waals surface area contributed by atoms with Gasteiger partial charge >= 0.3 is 5.97 Å². The lowest BCUT2D eigenvalue weighted by Crippen LogP contribution is -2.24. The fourth-order valence-electron chi connectivity index (χ4n) is 1.64. The van der Waals surface area contributed by atoms with E-state index in [1.54, 1.807) is 13.8 Å². The van der Waals surface area contributed by atoms with Crippen molar-refractivity contribution >= 4 is 17.6 Å². The topological polar surface area (TPSA) is 66.4 Å². The van der Waals surface area contributed by atoms with Gasteiger partial charge in [-0.25, -0.2) is 4.39 Å². The third-order valence-corrected chi connectivity index (χ3v) is 2.40. The van der Waals surface area contributed by atoms with Crippen LogP contribution in [0, 0.1) is 11.2 Å².